The summed E-state index contributed by atoms with van der Waals surface area (Å²) in [6.07, 6.45) is 6.54. The molecular weight excluding hydrogens is 209 g/mol. The first kappa shape index (κ1) is 11.6. The number of allylic oxidation sites excluding steroid dienone is 2. The predicted molar refractivity (Wildman–Crippen MR) is 58.8 cm³/mol. The molecular formula is C12H18FNO2. The summed E-state index contributed by atoms with van der Waals surface area (Å²) in [6.45, 7) is 0.964. The molecule has 0 saturated carbocycles. The number of carbonyl (C=O) groups excluding carboxylic acids is 1. The van der Waals surface area contributed by atoms with Crippen LogP contribution >= 0.6 is 0 Å². The zero-order chi connectivity index (χ0) is 11.4. The van der Waals surface area contributed by atoms with Crippen LogP contribution in [-0.2, 0) is 9.53 Å². The summed E-state index contributed by atoms with van der Waals surface area (Å²) < 4.78 is 17.6. The molecule has 0 unspecified atom stereocenters. The predicted octanol–water partition coefficient (Wildman–Crippen LogP) is 1.54. The minimum atomic E-state index is -0.507. The van der Waals surface area contributed by atoms with Gasteiger partial charge >= 0.3 is 0 Å². The van der Waals surface area contributed by atoms with Gasteiger partial charge in [-0.1, -0.05) is 12.2 Å². The number of rotatable bonds is 3. The lowest BCUT2D eigenvalue weighted by Crippen LogP contribution is -2.46. The van der Waals surface area contributed by atoms with Crippen LogP contribution in [0.3, 0.4) is 0 Å². The fraction of sp³-hybridized carbons (Fsp3) is 0.750. The Labute approximate surface area is 95.3 Å². The highest BCUT2D eigenvalue weighted by Crippen LogP contribution is 2.21. The molecule has 0 aromatic carbocycles. The van der Waals surface area contributed by atoms with Gasteiger partial charge in [0.25, 0.3) is 0 Å². The summed E-state index contributed by atoms with van der Waals surface area (Å²) in [5.74, 6) is 0.525. The van der Waals surface area contributed by atoms with E-state index < -0.39 is 12.8 Å². The second-order valence-corrected chi connectivity index (χ2v) is 4.46. The molecule has 1 aliphatic carbocycles. The minimum absolute atomic E-state index is 0.137. The quantitative estimate of drug-likeness (QED) is 0.684. The van der Waals surface area contributed by atoms with E-state index >= 15 is 0 Å². The Balaban J connectivity index is 1.81. The van der Waals surface area contributed by atoms with Gasteiger partial charge in [-0.2, -0.15) is 0 Å². The lowest BCUT2D eigenvalue weighted by Gasteiger charge is -2.32. The third-order valence-corrected chi connectivity index (χ3v) is 3.21. The molecule has 16 heavy (non-hydrogen) atoms. The van der Waals surface area contributed by atoms with Crippen molar-refractivity contribution >= 4 is 5.91 Å². The van der Waals surface area contributed by atoms with Crippen molar-refractivity contribution in [2.75, 3.05) is 26.4 Å². The number of nitrogens with zero attached hydrogens (tertiary/aromatic N) is 1. The molecule has 0 bridgehead atoms. The van der Waals surface area contributed by atoms with Gasteiger partial charge in [0.05, 0.1) is 6.61 Å². The van der Waals surface area contributed by atoms with Crippen LogP contribution in [0.4, 0.5) is 4.39 Å². The Bertz CT molecular complexity index is 280. The number of amides is 1. The van der Waals surface area contributed by atoms with E-state index in [1.807, 2.05) is 0 Å². The van der Waals surface area contributed by atoms with E-state index in [0.29, 0.717) is 32.0 Å². The van der Waals surface area contributed by atoms with E-state index in [4.69, 9.17) is 4.74 Å². The van der Waals surface area contributed by atoms with Crippen molar-refractivity contribution in [1.29, 1.82) is 0 Å². The highest BCUT2D eigenvalue weighted by atomic mass is 19.1. The Morgan fingerprint density at radius 3 is 3.12 bits per heavy atom. The van der Waals surface area contributed by atoms with Gasteiger partial charge in [-0.25, -0.2) is 4.39 Å². The van der Waals surface area contributed by atoms with Gasteiger partial charge in [0.2, 0.25) is 5.91 Å². The topological polar surface area (TPSA) is 29.5 Å². The molecule has 4 heteroatoms. The largest absolute Gasteiger partial charge is 0.372 e. The number of hydrogen-bond donors (Lipinski definition) is 0. The highest BCUT2D eigenvalue weighted by molar-refractivity contribution is 5.76. The first-order chi connectivity index (χ1) is 7.79. The molecule has 0 radical (unpaired) electrons. The maximum atomic E-state index is 12.4. The number of halogens is 1. The average Bonchev–Trinajstić information content (AvgIpc) is 2.82. The maximum Gasteiger partial charge on any atom is 0.223 e. The molecule has 2 atom stereocenters. The van der Waals surface area contributed by atoms with E-state index in [1.54, 1.807) is 4.90 Å². The van der Waals surface area contributed by atoms with Crippen molar-refractivity contribution < 1.29 is 13.9 Å². The van der Waals surface area contributed by atoms with Crippen LogP contribution in [-0.4, -0.2) is 43.3 Å². The van der Waals surface area contributed by atoms with E-state index in [9.17, 15) is 9.18 Å². The molecule has 0 spiro atoms. The standard InChI is InChI=1S/C12H18FNO2/c13-8-11-9-14(5-6-16-11)12(15)7-10-3-1-2-4-10/h1,3,10-11H,2,4-9H2/t10-,11+/m0/s1. The van der Waals surface area contributed by atoms with Crippen molar-refractivity contribution in [2.24, 2.45) is 5.92 Å². The summed E-state index contributed by atoms with van der Waals surface area (Å²) in [4.78, 5) is 13.7. The van der Waals surface area contributed by atoms with Crippen LogP contribution in [0.15, 0.2) is 12.2 Å². The number of morpholine rings is 1. The van der Waals surface area contributed by atoms with Crippen molar-refractivity contribution in [3.63, 3.8) is 0 Å². The van der Waals surface area contributed by atoms with Crippen LogP contribution in [0.1, 0.15) is 19.3 Å². The Morgan fingerprint density at radius 1 is 1.56 bits per heavy atom. The average molecular weight is 227 g/mol. The van der Waals surface area contributed by atoms with Crippen LogP contribution in [0, 0.1) is 5.92 Å². The van der Waals surface area contributed by atoms with Crippen LogP contribution in [0.5, 0.6) is 0 Å². The molecule has 1 fully saturated rings. The van der Waals surface area contributed by atoms with Crippen LogP contribution < -0.4 is 0 Å². The van der Waals surface area contributed by atoms with Gasteiger partial charge in [-0.05, 0) is 18.8 Å². The van der Waals surface area contributed by atoms with E-state index in [0.717, 1.165) is 12.8 Å². The number of carbonyl (C=O) groups is 1. The third-order valence-electron chi connectivity index (χ3n) is 3.21. The van der Waals surface area contributed by atoms with Gasteiger partial charge in [0.1, 0.15) is 12.8 Å². The molecule has 1 heterocycles. The molecule has 0 aromatic heterocycles. The summed E-state index contributed by atoms with van der Waals surface area (Å²) in [7, 11) is 0. The number of ether oxygens (including phenoxy) is 1. The van der Waals surface area contributed by atoms with Crippen molar-refractivity contribution in [3.8, 4) is 0 Å². The SMILES string of the molecule is O=C(C[C@H]1C=CCC1)N1CCO[C@H](CF)C1. The molecule has 2 aliphatic rings. The van der Waals surface area contributed by atoms with E-state index in [2.05, 4.69) is 12.2 Å². The minimum Gasteiger partial charge on any atom is -0.372 e. The van der Waals surface area contributed by atoms with Crippen molar-refractivity contribution in [3.05, 3.63) is 12.2 Å². The van der Waals surface area contributed by atoms with Gasteiger partial charge < -0.3 is 9.64 Å². The zero-order valence-corrected chi connectivity index (χ0v) is 9.40. The summed E-state index contributed by atoms with van der Waals surface area (Å²) in [5.41, 5.74) is 0. The van der Waals surface area contributed by atoms with Gasteiger partial charge in [-0.15, -0.1) is 0 Å². The highest BCUT2D eigenvalue weighted by Gasteiger charge is 2.25. The lowest BCUT2D eigenvalue weighted by molar-refractivity contribution is -0.140. The molecule has 2 rings (SSSR count). The molecule has 0 N–H and O–H groups in total. The van der Waals surface area contributed by atoms with Gasteiger partial charge in [0, 0.05) is 19.5 Å². The van der Waals surface area contributed by atoms with Crippen LogP contribution in [0.25, 0.3) is 0 Å². The Hall–Kier alpha value is -0.900. The van der Waals surface area contributed by atoms with Crippen molar-refractivity contribution in [1.82, 2.24) is 4.90 Å². The number of alkyl halides is 1. The molecule has 90 valence electrons. The van der Waals surface area contributed by atoms with Crippen molar-refractivity contribution in [2.45, 2.75) is 25.4 Å². The molecule has 3 nitrogen and oxygen atoms in total. The maximum absolute atomic E-state index is 12.4. The molecule has 1 saturated heterocycles. The molecule has 1 amide bonds. The fourth-order valence-electron chi connectivity index (χ4n) is 2.26. The first-order valence-electron chi connectivity index (χ1n) is 5.91. The Kier molecular flexibility index (Phi) is 3.93. The fourth-order valence-corrected chi connectivity index (χ4v) is 2.26. The van der Waals surface area contributed by atoms with Crippen LogP contribution in [0.2, 0.25) is 0 Å². The summed E-state index contributed by atoms with van der Waals surface area (Å²) in [5, 5.41) is 0. The van der Waals surface area contributed by atoms with E-state index in [1.165, 1.54) is 0 Å². The smallest absolute Gasteiger partial charge is 0.223 e. The normalized spacial score (nSPS) is 29.7. The van der Waals surface area contributed by atoms with Gasteiger partial charge in [0.15, 0.2) is 0 Å². The van der Waals surface area contributed by atoms with E-state index in [-0.39, 0.29) is 5.91 Å². The second-order valence-electron chi connectivity index (χ2n) is 4.46. The first-order valence-corrected chi connectivity index (χ1v) is 5.91. The molecule has 1 aliphatic heterocycles. The van der Waals surface area contributed by atoms with Gasteiger partial charge in [-0.3, -0.25) is 4.79 Å². The number of hydrogen-bond acceptors (Lipinski definition) is 2. The third kappa shape index (κ3) is 2.82. The monoisotopic (exact) mass is 227 g/mol. The lowest BCUT2D eigenvalue weighted by atomic mass is 10.0. The second kappa shape index (κ2) is 5.43. The summed E-state index contributed by atoms with van der Waals surface area (Å²) in [6, 6.07) is 0. The Morgan fingerprint density at radius 2 is 2.44 bits per heavy atom. The molecule has 0 aromatic rings. The summed E-state index contributed by atoms with van der Waals surface area (Å²) >= 11 is 0. The zero-order valence-electron chi connectivity index (χ0n) is 9.40.